The molecular weight excluding hydrogens is 398 g/mol. The number of hydrogen-bond donors (Lipinski definition) is 6. The van der Waals surface area contributed by atoms with Crippen LogP contribution in [-0.2, 0) is 19.3 Å². The Bertz CT molecular complexity index is 1290. The lowest BCUT2D eigenvalue weighted by atomic mass is 9.78. The zero-order chi connectivity index (χ0) is 21.7. The SMILES string of the molecule is Oc1cc2c(cc1O)[C@H]1Cc3cc(O)c(O)cc3[C@@H]3Cc4cc(O)c(O)cc4[N@+]13CC2. The largest absolute Gasteiger partial charge is 0.504 e. The molecule has 7 nitrogen and oxygen atoms in total. The summed E-state index contributed by atoms with van der Waals surface area (Å²) in [6.07, 6.45) is 1.82. The van der Waals surface area contributed by atoms with Crippen LogP contribution >= 0.6 is 0 Å². The predicted octanol–water partition coefficient (Wildman–Crippen LogP) is 3.38. The second-order valence-corrected chi connectivity index (χ2v) is 8.89. The highest BCUT2D eigenvalue weighted by Gasteiger charge is 2.58. The third-order valence-corrected chi connectivity index (χ3v) is 7.51. The standard InChI is InChI=1S/C24H21NO6/c26-19-5-11-1-2-25-16-10-24(31)21(28)7-13(16)4-18(25)15-9-23(30)20(27)6-12(15)3-17(25)14(11)8-22(19)29/h5-10,17-18H,1-4H2,(H5-,26,27,28,29,30,31)/p+1/t17-,18+,25-/m1/s1. The molecule has 6 rings (SSSR count). The van der Waals surface area contributed by atoms with Gasteiger partial charge in [-0.2, -0.15) is 0 Å². The van der Waals surface area contributed by atoms with Crippen molar-refractivity contribution in [3.63, 3.8) is 0 Å². The van der Waals surface area contributed by atoms with Crippen molar-refractivity contribution in [1.82, 2.24) is 4.48 Å². The van der Waals surface area contributed by atoms with Crippen molar-refractivity contribution in [3.05, 3.63) is 64.2 Å². The quantitative estimate of drug-likeness (QED) is 0.245. The van der Waals surface area contributed by atoms with E-state index in [4.69, 9.17) is 0 Å². The number of quaternary nitrogens is 1. The van der Waals surface area contributed by atoms with Crippen LogP contribution in [0.2, 0.25) is 0 Å². The third kappa shape index (κ3) is 2.21. The summed E-state index contributed by atoms with van der Waals surface area (Å²) in [5.74, 6) is -1.01. The summed E-state index contributed by atoms with van der Waals surface area (Å²) < 4.78 is 0.498. The molecule has 0 bridgehead atoms. The maximum absolute atomic E-state index is 10.3. The first kappa shape index (κ1) is 18.2. The van der Waals surface area contributed by atoms with Crippen LogP contribution in [0, 0.1) is 0 Å². The maximum atomic E-state index is 10.3. The topological polar surface area (TPSA) is 121 Å². The van der Waals surface area contributed by atoms with Gasteiger partial charge in [0.25, 0.3) is 0 Å². The van der Waals surface area contributed by atoms with Crippen molar-refractivity contribution in [3.8, 4) is 34.5 Å². The van der Waals surface area contributed by atoms with Crippen LogP contribution < -0.4 is 4.48 Å². The fourth-order valence-corrected chi connectivity index (χ4v) is 6.20. The molecule has 6 N–H and O–H groups in total. The lowest BCUT2D eigenvalue weighted by molar-refractivity contribution is 0.127. The minimum Gasteiger partial charge on any atom is -0.504 e. The zero-order valence-electron chi connectivity index (χ0n) is 16.6. The van der Waals surface area contributed by atoms with Gasteiger partial charge in [0.05, 0.1) is 6.54 Å². The highest BCUT2D eigenvalue weighted by atomic mass is 16.3. The number of benzene rings is 3. The minimum absolute atomic E-state index is 0.0828. The van der Waals surface area contributed by atoms with Crippen LogP contribution in [-0.4, -0.2) is 37.2 Å². The molecule has 3 aromatic rings. The fraction of sp³-hybridized carbons (Fsp3) is 0.250. The van der Waals surface area contributed by atoms with Gasteiger partial charge in [0, 0.05) is 42.0 Å². The smallest absolute Gasteiger partial charge is 0.163 e. The Morgan fingerprint density at radius 2 is 1.00 bits per heavy atom. The summed E-state index contributed by atoms with van der Waals surface area (Å²) in [5.41, 5.74) is 5.59. The molecule has 1 spiro atoms. The Labute approximate surface area is 177 Å². The average molecular weight is 420 g/mol. The van der Waals surface area contributed by atoms with Crippen LogP contribution in [0.3, 0.4) is 0 Å². The number of hydrogen-bond acceptors (Lipinski definition) is 6. The first-order chi connectivity index (χ1) is 14.8. The summed E-state index contributed by atoms with van der Waals surface area (Å²) in [6.45, 7) is 0.699. The van der Waals surface area contributed by atoms with Gasteiger partial charge in [0.15, 0.2) is 34.5 Å². The Morgan fingerprint density at radius 1 is 0.548 bits per heavy atom. The highest BCUT2D eigenvalue weighted by Crippen LogP contribution is 2.61. The molecule has 0 aliphatic carbocycles. The molecule has 0 aromatic heterocycles. The molecule has 0 radical (unpaired) electrons. The monoisotopic (exact) mass is 420 g/mol. The van der Waals surface area contributed by atoms with Gasteiger partial charge in [-0.3, -0.25) is 4.48 Å². The van der Waals surface area contributed by atoms with Gasteiger partial charge in [-0.1, -0.05) is 0 Å². The summed E-state index contributed by atoms with van der Waals surface area (Å²) in [6, 6.07) is 9.50. The molecule has 0 fully saturated rings. The van der Waals surface area contributed by atoms with Gasteiger partial charge >= 0.3 is 0 Å². The van der Waals surface area contributed by atoms with Crippen LogP contribution in [0.4, 0.5) is 5.69 Å². The van der Waals surface area contributed by atoms with E-state index in [2.05, 4.69) is 0 Å². The minimum atomic E-state index is -0.178. The molecule has 3 aromatic carbocycles. The van der Waals surface area contributed by atoms with Crippen molar-refractivity contribution in [2.45, 2.75) is 31.3 Å². The summed E-state index contributed by atoms with van der Waals surface area (Å²) in [5, 5.41) is 61.1. The first-order valence-electron chi connectivity index (χ1n) is 10.3. The molecule has 3 aliphatic rings. The summed E-state index contributed by atoms with van der Waals surface area (Å²) in [4.78, 5) is 0. The number of phenolic OH excluding ortho intramolecular Hbond substituents is 6. The number of fused-ring (bicyclic) bond motifs is 5. The molecule has 3 aliphatic heterocycles. The fourth-order valence-electron chi connectivity index (χ4n) is 6.20. The Kier molecular flexibility index (Phi) is 3.39. The Balaban J connectivity index is 1.66. The normalized spacial score (nSPS) is 25.2. The van der Waals surface area contributed by atoms with Crippen LogP contribution in [0.1, 0.15) is 39.9 Å². The van der Waals surface area contributed by atoms with Gasteiger partial charge in [-0.05, 0) is 41.5 Å². The zero-order valence-corrected chi connectivity index (χ0v) is 16.6. The van der Waals surface area contributed by atoms with Crippen LogP contribution in [0.5, 0.6) is 34.5 Å². The number of nitrogens with zero attached hydrogens (tertiary/aromatic N) is 1. The number of rotatable bonds is 0. The Morgan fingerprint density at radius 3 is 1.65 bits per heavy atom. The van der Waals surface area contributed by atoms with Crippen molar-refractivity contribution >= 4 is 5.69 Å². The molecule has 31 heavy (non-hydrogen) atoms. The van der Waals surface area contributed by atoms with Crippen molar-refractivity contribution in [2.24, 2.45) is 0 Å². The number of phenols is 6. The summed E-state index contributed by atoms with van der Waals surface area (Å²) in [7, 11) is 0. The second-order valence-electron chi connectivity index (χ2n) is 8.89. The lowest BCUT2D eigenvalue weighted by Gasteiger charge is -2.52. The highest BCUT2D eigenvalue weighted by molar-refractivity contribution is 5.68. The van der Waals surface area contributed by atoms with E-state index in [1.165, 1.54) is 0 Å². The van der Waals surface area contributed by atoms with Gasteiger partial charge in [0.2, 0.25) is 0 Å². The van der Waals surface area contributed by atoms with Gasteiger partial charge in [-0.15, -0.1) is 0 Å². The molecule has 3 heterocycles. The van der Waals surface area contributed by atoms with Crippen molar-refractivity contribution in [2.75, 3.05) is 6.54 Å². The molecule has 0 unspecified atom stereocenters. The van der Waals surface area contributed by atoms with E-state index < -0.39 is 0 Å². The van der Waals surface area contributed by atoms with E-state index in [1.807, 2.05) is 0 Å². The first-order valence-corrected chi connectivity index (χ1v) is 10.3. The lowest BCUT2D eigenvalue weighted by Crippen LogP contribution is -2.58. The van der Waals surface area contributed by atoms with Crippen LogP contribution in [0.15, 0.2) is 36.4 Å². The molecular formula is C24H22NO6+. The molecule has 3 atom stereocenters. The average Bonchev–Trinajstić information content (AvgIpc) is 3.03. The molecule has 0 saturated heterocycles. The maximum Gasteiger partial charge on any atom is 0.163 e. The van der Waals surface area contributed by atoms with E-state index in [0.717, 1.165) is 33.5 Å². The van der Waals surface area contributed by atoms with Crippen LogP contribution in [0.25, 0.3) is 0 Å². The molecule has 158 valence electrons. The van der Waals surface area contributed by atoms with E-state index in [9.17, 15) is 30.6 Å². The van der Waals surface area contributed by atoms with E-state index >= 15 is 0 Å². The summed E-state index contributed by atoms with van der Waals surface area (Å²) >= 11 is 0. The van der Waals surface area contributed by atoms with Gasteiger partial charge < -0.3 is 30.6 Å². The van der Waals surface area contributed by atoms with Gasteiger partial charge in [0.1, 0.15) is 17.8 Å². The molecule has 7 heteroatoms. The molecule has 0 amide bonds. The second kappa shape index (κ2) is 5.76. The van der Waals surface area contributed by atoms with Crippen molar-refractivity contribution in [1.29, 1.82) is 0 Å². The van der Waals surface area contributed by atoms with E-state index in [-0.39, 0.29) is 46.6 Å². The Hall–Kier alpha value is -3.58. The van der Waals surface area contributed by atoms with Crippen molar-refractivity contribution < 1.29 is 30.6 Å². The van der Waals surface area contributed by atoms with Gasteiger partial charge in [-0.25, -0.2) is 0 Å². The van der Waals surface area contributed by atoms with E-state index in [1.54, 1.807) is 36.4 Å². The molecule has 0 saturated carbocycles. The number of aromatic hydroxyl groups is 6. The predicted molar refractivity (Wildman–Crippen MR) is 113 cm³/mol. The third-order valence-electron chi connectivity index (χ3n) is 7.51. The van der Waals surface area contributed by atoms with E-state index in [0.29, 0.717) is 30.3 Å².